The van der Waals surface area contributed by atoms with Gasteiger partial charge < -0.3 is 9.13 Å². The molecule has 0 aromatic carbocycles. The predicted molar refractivity (Wildman–Crippen MR) is 54.8 cm³/mol. The molecule has 0 fully saturated rings. The maximum Gasteiger partial charge on any atom is 0.288 e. The van der Waals surface area contributed by atoms with Crippen LogP contribution in [0.5, 0.6) is 0 Å². The van der Waals surface area contributed by atoms with Crippen LogP contribution in [-0.4, -0.2) is 20.9 Å². The summed E-state index contributed by atoms with van der Waals surface area (Å²) in [6, 6.07) is 0. The van der Waals surface area contributed by atoms with E-state index in [2.05, 4.69) is 24.5 Å². The molecule has 0 aromatic rings. The van der Waals surface area contributed by atoms with E-state index in [-0.39, 0.29) is 6.72 Å². The Kier molecular flexibility index (Phi) is 3.57. The summed E-state index contributed by atoms with van der Waals surface area (Å²) >= 11 is 7.57. The molecule has 0 rings (SSSR count). The van der Waals surface area contributed by atoms with Crippen molar-refractivity contribution in [1.82, 2.24) is 0 Å². The lowest BCUT2D eigenvalue weighted by Crippen LogP contribution is -1.84. The first-order chi connectivity index (χ1) is 3.71. The quantitative estimate of drug-likeness (QED) is 0.393. The summed E-state index contributed by atoms with van der Waals surface area (Å²) in [7, 11) is 1.49. The van der Waals surface area contributed by atoms with Crippen LogP contribution < -0.4 is 0 Å². The molecule has 0 radical (unpaired) electrons. The van der Waals surface area contributed by atoms with E-state index in [4.69, 9.17) is 0 Å². The zero-order chi connectivity index (χ0) is 7.71. The summed E-state index contributed by atoms with van der Waals surface area (Å²) in [4.78, 5) is 0. The second kappa shape index (κ2) is 3.13. The molecule has 0 saturated carbocycles. The van der Waals surface area contributed by atoms with Gasteiger partial charge in [-0.1, -0.05) is 0 Å². The van der Waals surface area contributed by atoms with Crippen molar-refractivity contribution in [2.75, 3.05) is 6.66 Å². The van der Waals surface area contributed by atoms with Crippen molar-refractivity contribution in [2.45, 2.75) is 0 Å². The Morgan fingerprint density at radius 2 is 1.78 bits per heavy atom. The Morgan fingerprint density at radius 3 is 1.78 bits per heavy atom. The first kappa shape index (κ1) is 10.3. The third kappa shape index (κ3) is 9.29. The molecule has 0 aliphatic rings. The lowest BCUT2D eigenvalue weighted by molar-refractivity contribution is 0.595. The second-order valence-electron chi connectivity index (χ2n) is 2.24. The van der Waals surface area contributed by atoms with Gasteiger partial charge in [0.25, 0.3) is 6.72 Å². The summed E-state index contributed by atoms with van der Waals surface area (Å²) in [5.74, 6) is 0. The smallest absolute Gasteiger partial charge is 0.288 e. The number of thiol groups is 2. The molecule has 2 nitrogen and oxygen atoms in total. The molecule has 0 amide bonds. The highest BCUT2D eigenvalue weighted by Gasteiger charge is 2.22. The number of hydrogen-bond acceptors (Lipinski definition) is 2. The predicted octanol–water partition coefficient (Wildman–Crippen LogP) is 0.847. The summed E-state index contributed by atoms with van der Waals surface area (Å²) < 4.78 is 21.7. The van der Waals surface area contributed by atoms with Gasteiger partial charge in [-0.2, -0.15) is 0 Å². The van der Waals surface area contributed by atoms with Gasteiger partial charge >= 0.3 is 0 Å². The van der Waals surface area contributed by atoms with Crippen LogP contribution in [0.2, 0.25) is 0 Å². The van der Waals surface area contributed by atoms with E-state index in [1.54, 1.807) is 0 Å². The first-order valence-electron chi connectivity index (χ1n) is 2.29. The maximum atomic E-state index is 10.9. The van der Waals surface area contributed by atoms with E-state index < -0.39 is 12.3 Å². The minimum Gasteiger partial charge on any atom is -0.333 e. The van der Waals surface area contributed by atoms with Crippen LogP contribution in [0.15, 0.2) is 0 Å². The van der Waals surface area contributed by atoms with Crippen LogP contribution in [-0.2, 0) is 9.13 Å². The van der Waals surface area contributed by atoms with Crippen LogP contribution in [0.25, 0.3) is 0 Å². The Hall–Kier alpha value is 1.29. The molecule has 8 heteroatoms. The van der Waals surface area contributed by atoms with Gasteiger partial charge in [-0.3, -0.25) is 0 Å². The molecule has 2 atom stereocenters. The van der Waals surface area contributed by atoms with Crippen LogP contribution in [0.3, 0.4) is 0 Å². The lowest BCUT2D eigenvalue weighted by atomic mass is 10.7. The molecule has 0 heterocycles. The fourth-order valence-electron chi connectivity index (χ4n) is 0.487. The largest absolute Gasteiger partial charge is 0.333 e. The summed E-state index contributed by atoms with van der Waals surface area (Å²) in [5.41, 5.74) is 0. The Balaban J connectivity index is 4.07. The molecule has 0 N–H and O–H groups in total. The van der Waals surface area contributed by atoms with Gasteiger partial charge in [0.05, 0.1) is 6.10 Å². The summed E-state index contributed by atoms with van der Waals surface area (Å²) in [6.45, 7) is 1.62. The molecular weight excluding hydrogens is 192 g/mol. The van der Waals surface area contributed by atoms with E-state index in [9.17, 15) is 9.13 Å². The van der Waals surface area contributed by atoms with E-state index in [0.29, 0.717) is 0 Å². The van der Waals surface area contributed by atoms with Crippen LogP contribution in [0.4, 0.5) is 0 Å². The number of hydrogen-bond donors (Lipinski definition) is 2. The van der Waals surface area contributed by atoms with E-state index in [1.807, 2.05) is 0 Å². The molecular formula is CH8B2O2P2S2. The summed E-state index contributed by atoms with van der Waals surface area (Å²) in [5, 5.41) is 0. The van der Waals surface area contributed by atoms with Crippen molar-refractivity contribution in [3.05, 3.63) is 0 Å². The lowest BCUT2D eigenvalue weighted by Gasteiger charge is -2.05. The fourth-order valence-corrected chi connectivity index (χ4v) is 9.62. The van der Waals surface area contributed by atoms with Crippen LogP contribution in [0, 0.1) is 0 Å². The van der Waals surface area contributed by atoms with Crippen LogP contribution in [0.1, 0.15) is 0 Å². The summed E-state index contributed by atoms with van der Waals surface area (Å²) in [6.07, 6.45) is -4.86. The maximum absolute atomic E-state index is 10.9. The molecule has 0 aromatic heterocycles. The van der Waals surface area contributed by atoms with Gasteiger partial charge in [-0.25, -0.2) is 0 Å². The SMILES string of the molecule is BP(=O)(S)BP(C)(=O)S. The molecule has 0 aliphatic carbocycles. The van der Waals surface area contributed by atoms with Crippen molar-refractivity contribution in [1.29, 1.82) is 0 Å². The van der Waals surface area contributed by atoms with Gasteiger partial charge in [-0.15, -0.1) is 24.5 Å². The zero-order valence-corrected chi connectivity index (χ0v) is 8.89. The highest BCUT2D eigenvalue weighted by Crippen LogP contribution is 2.59. The van der Waals surface area contributed by atoms with Crippen molar-refractivity contribution in [3.8, 4) is 0 Å². The van der Waals surface area contributed by atoms with E-state index >= 15 is 0 Å². The van der Waals surface area contributed by atoms with Gasteiger partial charge in [-0.05, 0) is 6.66 Å². The average molecular weight is 200 g/mol. The van der Waals surface area contributed by atoms with Gasteiger partial charge in [0.1, 0.15) is 6.22 Å². The molecule has 9 heavy (non-hydrogen) atoms. The molecule has 0 spiro atoms. The van der Waals surface area contributed by atoms with Crippen molar-refractivity contribution < 1.29 is 9.13 Å². The van der Waals surface area contributed by atoms with E-state index in [0.717, 1.165) is 0 Å². The van der Waals surface area contributed by atoms with Gasteiger partial charge in [0.15, 0.2) is 7.57 Å². The Labute approximate surface area is 67.1 Å². The monoisotopic (exact) mass is 200 g/mol. The molecule has 2 unspecified atom stereocenters. The van der Waals surface area contributed by atoms with Crippen molar-refractivity contribution >= 4 is 51.1 Å². The Bertz CT molecular complexity index is 161. The van der Waals surface area contributed by atoms with Crippen molar-refractivity contribution in [2.24, 2.45) is 0 Å². The molecule has 52 valence electrons. The highest BCUT2D eigenvalue weighted by atomic mass is 32.7. The Morgan fingerprint density at radius 1 is 1.44 bits per heavy atom. The highest BCUT2D eigenvalue weighted by molar-refractivity contribution is 8.76. The van der Waals surface area contributed by atoms with E-state index in [1.165, 1.54) is 14.2 Å². The third-order valence-electron chi connectivity index (χ3n) is 0.525. The van der Waals surface area contributed by atoms with Crippen LogP contribution >= 0.6 is 36.8 Å². The van der Waals surface area contributed by atoms with Gasteiger partial charge in [0.2, 0.25) is 0 Å². The topological polar surface area (TPSA) is 34.1 Å². The standard InChI is InChI=1S/CH8B2O2P2S2/c1-6(4,8)3-7(2,5)9/h3H,2H2,1H3,(H,4,8)(H,5,9). The number of rotatable bonds is 2. The second-order valence-corrected chi connectivity index (χ2v) is 12.7. The minimum atomic E-state index is -2.43. The third-order valence-corrected chi connectivity index (χ3v) is 7.00. The molecule has 0 saturated heterocycles. The average Bonchev–Trinajstić information content (AvgIpc) is 1.14. The normalized spacial score (nSPS) is 23.9. The fraction of sp³-hybridized carbons (Fsp3) is 1.00. The van der Waals surface area contributed by atoms with Crippen molar-refractivity contribution in [3.63, 3.8) is 0 Å². The molecule has 0 aliphatic heterocycles. The molecule has 0 bridgehead atoms. The first-order valence-corrected chi connectivity index (χ1v) is 9.28. The zero-order valence-electron chi connectivity index (χ0n) is 5.31. The minimum absolute atomic E-state index is 0.131. The van der Waals surface area contributed by atoms with Gasteiger partial charge in [0, 0.05) is 0 Å².